The predicted octanol–water partition coefficient (Wildman–Crippen LogP) is 1.75. The van der Waals surface area contributed by atoms with Crippen molar-refractivity contribution in [1.82, 2.24) is 0 Å². The fourth-order valence-corrected chi connectivity index (χ4v) is 1.98. The molecular weight excluding hydrogens is 234 g/mol. The number of nitro benzene ring substituents is 1. The van der Waals surface area contributed by atoms with Gasteiger partial charge in [0.1, 0.15) is 11.4 Å². The molecule has 1 aromatic carbocycles. The molecule has 2 rings (SSSR count). The SMILES string of the molecule is COc1ccc([N+](=O)[O-])c(NC(CN)C2CC2)c1. The highest BCUT2D eigenvalue weighted by molar-refractivity contribution is 5.64. The van der Waals surface area contributed by atoms with Crippen LogP contribution in [0.15, 0.2) is 18.2 Å². The largest absolute Gasteiger partial charge is 0.497 e. The van der Waals surface area contributed by atoms with E-state index in [1.807, 2.05) is 0 Å². The van der Waals surface area contributed by atoms with Crippen LogP contribution >= 0.6 is 0 Å². The van der Waals surface area contributed by atoms with E-state index in [1.165, 1.54) is 13.2 Å². The van der Waals surface area contributed by atoms with Crippen molar-refractivity contribution in [3.63, 3.8) is 0 Å². The van der Waals surface area contributed by atoms with Crippen molar-refractivity contribution in [2.75, 3.05) is 19.0 Å². The van der Waals surface area contributed by atoms with E-state index in [1.54, 1.807) is 12.1 Å². The summed E-state index contributed by atoms with van der Waals surface area (Å²) in [6.45, 7) is 0.471. The van der Waals surface area contributed by atoms with Crippen molar-refractivity contribution in [3.8, 4) is 5.75 Å². The second kappa shape index (κ2) is 5.22. The maximum Gasteiger partial charge on any atom is 0.292 e. The second-order valence-corrected chi connectivity index (χ2v) is 4.46. The molecule has 6 nitrogen and oxygen atoms in total. The number of anilines is 1. The number of benzene rings is 1. The number of methoxy groups -OCH3 is 1. The van der Waals surface area contributed by atoms with Crippen LogP contribution in [0.25, 0.3) is 0 Å². The van der Waals surface area contributed by atoms with Gasteiger partial charge in [0.05, 0.1) is 12.0 Å². The second-order valence-electron chi connectivity index (χ2n) is 4.46. The summed E-state index contributed by atoms with van der Waals surface area (Å²) in [6.07, 6.45) is 2.26. The fraction of sp³-hybridized carbons (Fsp3) is 0.500. The maximum atomic E-state index is 11.0. The molecule has 1 aliphatic carbocycles. The Labute approximate surface area is 105 Å². The molecule has 98 valence electrons. The van der Waals surface area contributed by atoms with Crippen molar-refractivity contribution in [2.45, 2.75) is 18.9 Å². The Morgan fingerprint density at radius 2 is 2.33 bits per heavy atom. The van der Waals surface area contributed by atoms with Crippen LogP contribution in [-0.2, 0) is 0 Å². The highest BCUT2D eigenvalue weighted by Gasteiger charge is 2.31. The van der Waals surface area contributed by atoms with Gasteiger partial charge in [-0.25, -0.2) is 0 Å². The van der Waals surface area contributed by atoms with Gasteiger partial charge in [-0.15, -0.1) is 0 Å². The average Bonchev–Trinajstić information content (AvgIpc) is 3.19. The van der Waals surface area contributed by atoms with E-state index < -0.39 is 4.92 Å². The van der Waals surface area contributed by atoms with Gasteiger partial charge in [0.2, 0.25) is 0 Å². The van der Waals surface area contributed by atoms with E-state index in [9.17, 15) is 10.1 Å². The standard InChI is InChI=1S/C12H17N3O3/c1-18-9-4-5-12(15(16)17)10(6-9)14-11(7-13)8-2-3-8/h4-6,8,11,14H,2-3,7,13H2,1H3. The molecule has 0 aromatic heterocycles. The molecule has 6 heteroatoms. The third kappa shape index (κ3) is 2.70. The van der Waals surface area contributed by atoms with Crippen molar-refractivity contribution in [3.05, 3.63) is 28.3 Å². The summed E-state index contributed by atoms with van der Waals surface area (Å²) in [5.41, 5.74) is 6.22. The Morgan fingerprint density at radius 3 is 2.83 bits per heavy atom. The first-order valence-electron chi connectivity index (χ1n) is 5.94. The quantitative estimate of drug-likeness (QED) is 0.593. The lowest BCUT2D eigenvalue weighted by atomic mass is 10.1. The van der Waals surface area contributed by atoms with E-state index in [0.29, 0.717) is 23.9 Å². The molecule has 1 aromatic rings. The van der Waals surface area contributed by atoms with Gasteiger partial charge in [0.15, 0.2) is 0 Å². The van der Waals surface area contributed by atoms with Crippen LogP contribution in [-0.4, -0.2) is 24.6 Å². The molecular formula is C12H17N3O3. The van der Waals surface area contributed by atoms with Crippen LogP contribution in [0.1, 0.15) is 12.8 Å². The van der Waals surface area contributed by atoms with Crippen LogP contribution in [0.4, 0.5) is 11.4 Å². The monoisotopic (exact) mass is 251 g/mol. The van der Waals surface area contributed by atoms with Crippen LogP contribution in [0.3, 0.4) is 0 Å². The van der Waals surface area contributed by atoms with Gasteiger partial charge in [-0.05, 0) is 24.8 Å². The maximum absolute atomic E-state index is 11.0. The lowest BCUT2D eigenvalue weighted by Crippen LogP contribution is -2.31. The molecule has 1 unspecified atom stereocenters. The molecule has 0 amide bonds. The van der Waals surface area contributed by atoms with Gasteiger partial charge >= 0.3 is 0 Å². The van der Waals surface area contributed by atoms with Gasteiger partial charge < -0.3 is 15.8 Å². The Kier molecular flexibility index (Phi) is 3.66. The number of nitrogens with two attached hydrogens (primary N) is 1. The Hall–Kier alpha value is -1.82. The summed E-state index contributed by atoms with van der Waals surface area (Å²) in [5, 5.41) is 14.1. The molecule has 1 atom stereocenters. The zero-order valence-corrected chi connectivity index (χ0v) is 10.3. The molecule has 0 heterocycles. The first kappa shape index (κ1) is 12.6. The summed E-state index contributed by atoms with van der Waals surface area (Å²) in [7, 11) is 1.53. The number of nitrogens with one attached hydrogen (secondary N) is 1. The highest BCUT2D eigenvalue weighted by Crippen LogP contribution is 2.36. The number of hydrogen-bond acceptors (Lipinski definition) is 5. The van der Waals surface area contributed by atoms with Crippen LogP contribution in [0.2, 0.25) is 0 Å². The van der Waals surface area contributed by atoms with Gasteiger partial charge in [-0.1, -0.05) is 0 Å². The van der Waals surface area contributed by atoms with Gasteiger partial charge in [0.25, 0.3) is 5.69 Å². The van der Waals surface area contributed by atoms with Crippen LogP contribution in [0, 0.1) is 16.0 Å². The van der Waals surface area contributed by atoms with E-state index in [4.69, 9.17) is 10.5 Å². The third-order valence-corrected chi connectivity index (χ3v) is 3.19. The smallest absolute Gasteiger partial charge is 0.292 e. The summed E-state index contributed by atoms with van der Waals surface area (Å²) < 4.78 is 5.09. The van der Waals surface area contributed by atoms with E-state index in [2.05, 4.69) is 5.32 Å². The molecule has 0 bridgehead atoms. The molecule has 0 spiro atoms. The number of rotatable bonds is 6. The number of nitro groups is 1. The first-order chi connectivity index (χ1) is 8.65. The zero-order valence-electron chi connectivity index (χ0n) is 10.3. The molecule has 1 saturated carbocycles. The average molecular weight is 251 g/mol. The topological polar surface area (TPSA) is 90.4 Å². The van der Waals surface area contributed by atoms with Crippen molar-refractivity contribution < 1.29 is 9.66 Å². The first-order valence-corrected chi connectivity index (χ1v) is 5.94. The molecule has 0 saturated heterocycles. The lowest BCUT2D eigenvalue weighted by molar-refractivity contribution is -0.384. The molecule has 3 N–H and O–H groups in total. The zero-order chi connectivity index (χ0) is 13.1. The number of hydrogen-bond donors (Lipinski definition) is 2. The molecule has 1 fully saturated rings. The molecule has 0 aliphatic heterocycles. The van der Waals surface area contributed by atoms with E-state index in [0.717, 1.165) is 12.8 Å². The predicted molar refractivity (Wildman–Crippen MR) is 68.8 cm³/mol. The lowest BCUT2D eigenvalue weighted by Gasteiger charge is -2.17. The molecule has 18 heavy (non-hydrogen) atoms. The van der Waals surface area contributed by atoms with Gasteiger partial charge in [-0.2, -0.15) is 0 Å². The van der Waals surface area contributed by atoms with Crippen molar-refractivity contribution >= 4 is 11.4 Å². The third-order valence-electron chi connectivity index (χ3n) is 3.19. The summed E-state index contributed by atoms with van der Waals surface area (Å²) in [4.78, 5) is 10.6. The normalized spacial score (nSPS) is 16.1. The van der Waals surface area contributed by atoms with Crippen molar-refractivity contribution in [1.29, 1.82) is 0 Å². The summed E-state index contributed by atoms with van der Waals surface area (Å²) in [5.74, 6) is 1.12. The minimum absolute atomic E-state index is 0.0508. The highest BCUT2D eigenvalue weighted by atomic mass is 16.6. The molecule has 0 radical (unpaired) electrons. The number of nitrogens with zero attached hydrogens (tertiary/aromatic N) is 1. The van der Waals surface area contributed by atoms with E-state index in [-0.39, 0.29) is 11.7 Å². The summed E-state index contributed by atoms with van der Waals surface area (Å²) in [6, 6.07) is 4.76. The fourth-order valence-electron chi connectivity index (χ4n) is 1.98. The van der Waals surface area contributed by atoms with Crippen molar-refractivity contribution in [2.24, 2.45) is 11.7 Å². The number of ether oxygens (including phenoxy) is 1. The van der Waals surface area contributed by atoms with Crippen LogP contribution in [0.5, 0.6) is 5.75 Å². The van der Waals surface area contributed by atoms with E-state index >= 15 is 0 Å². The Morgan fingerprint density at radius 1 is 1.61 bits per heavy atom. The van der Waals surface area contributed by atoms with Crippen LogP contribution < -0.4 is 15.8 Å². The summed E-state index contributed by atoms with van der Waals surface area (Å²) >= 11 is 0. The van der Waals surface area contributed by atoms with Gasteiger partial charge in [0, 0.05) is 24.7 Å². The minimum Gasteiger partial charge on any atom is -0.497 e. The van der Waals surface area contributed by atoms with Gasteiger partial charge in [-0.3, -0.25) is 10.1 Å². The Bertz CT molecular complexity index is 446. The molecule has 1 aliphatic rings. The Balaban J connectivity index is 2.24. The minimum atomic E-state index is -0.401.